The number of rotatable bonds is 9. The molecule has 2 N–H and O–H groups in total. The van der Waals surface area contributed by atoms with Crippen LogP contribution in [0.2, 0.25) is 0 Å². The molecule has 5 nitrogen and oxygen atoms in total. The summed E-state index contributed by atoms with van der Waals surface area (Å²) in [5.41, 5.74) is -1.67. The van der Waals surface area contributed by atoms with Gasteiger partial charge in [0.2, 0.25) is 0 Å². The van der Waals surface area contributed by atoms with Gasteiger partial charge in [-0.2, -0.15) is 13.2 Å². The summed E-state index contributed by atoms with van der Waals surface area (Å²) < 4.78 is 38.3. The smallest absolute Gasteiger partial charge is 0.418 e. The second kappa shape index (κ2) is 9.12. The Kier molecular flexibility index (Phi) is 7.50. The number of halogens is 3. The molecule has 1 rings (SSSR count). The third-order valence-electron chi connectivity index (χ3n) is 3.18. The van der Waals surface area contributed by atoms with E-state index in [0.29, 0.717) is 12.8 Å². The summed E-state index contributed by atoms with van der Waals surface area (Å²) in [6.07, 6.45) is 0.249. The van der Waals surface area contributed by atoms with Crippen molar-refractivity contribution in [2.45, 2.75) is 44.7 Å². The van der Waals surface area contributed by atoms with Gasteiger partial charge in [-0.3, -0.25) is 14.6 Å². The van der Waals surface area contributed by atoms with Gasteiger partial charge < -0.3 is 10.4 Å². The zero-order chi connectivity index (χ0) is 17.3. The van der Waals surface area contributed by atoms with Crippen molar-refractivity contribution in [3.05, 3.63) is 29.6 Å². The lowest BCUT2D eigenvalue weighted by atomic mass is 10.1. The number of aliphatic carboxylic acids is 1. The van der Waals surface area contributed by atoms with Crippen LogP contribution in [0.4, 0.5) is 13.2 Å². The number of unbranched alkanes of at least 4 members (excludes halogenated alkanes) is 4. The highest BCUT2D eigenvalue weighted by Gasteiger charge is 2.35. The number of amides is 1. The van der Waals surface area contributed by atoms with Gasteiger partial charge in [0.15, 0.2) is 0 Å². The van der Waals surface area contributed by atoms with Crippen LogP contribution in [-0.2, 0) is 11.0 Å². The van der Waals surface area contributed by atoms with Crippen LogP contribution in [0.3, 0.4) is 0 Å². The van der Waals surface area contributed by atoms with Crippen LogP contribution in [0, 0.1) is 0 Å². The molecule has 0 radical (unpaired) electrons. The van der Waals surface area contributed by atoms with Crippen LogP contribution in [0.25, 0.3) is 0 Å². The van der Waals surface area contributed by atoms with Crippen LogP contribution in [0.5, 0.6) is 0 Å². The molecule has 8 heteroatoms. The first-order chi connectivity index (χ1) is 10.8. The highest BCUT2D eigenvalue weighted by atomic mass is 19.4. The van der Waals surface area contributed by atoms with Crippen LogP contribution >= 0.6 is 0 Å². The third kappa shape index (κ3) is 7.12. The minimum Gasteiger partial charge on any atom is -0.481 e. The van der Waals surface area contributed by atoms with Crippen molar-refractivity contribution in [1.29, 1.82) is 0 Å². The fraction of sp³-hybridized carbons (Fsp3) is 0.533. The Morgan fingerprint density at radius 1 is 1.13 bits per heavy atom. The number of carboxylic acids is 1. The van der Waals surface area contributed by atoms with Crippen molar-refractivity contribution in [3.63, 3.8) is 0 Å². The van der Waals surface area contributed by atoms with Crippen molar-refractivity contribution < 1.29 is 27.9 Å². The van der Waals surface area contributed by atoms with E-state index in [9.17, 15) is 22.8 Å². The van der Waals surface area contributed by atoms with Crippen molar-refractivity contribution in [2.75, 3.05) is 6.54 Å². The first-order valence-corrected chi connectivity index (χ1v) is 7.34. The molecule has 1 heterocycles. The van der Waals surface area contributed by atoms with Gasteiger partial charge in [0.05, 0.1) is 5.56 Å². The molecule has 0 saturated heterocycles. The number of carboxylic acid groups (broad SMARTS) is 1. The molecule has 0 aliphatic heterocycles. The van der Waals surface area contributed by atoms with Crippen LogP contribution < -0.4 is 5.32 Å². The fourth-order valence-electron chi connectivity index (χ4n) is 2.03. The molecular formula is C15H19F3N2O3. The van der Waals surface area contributed by atoms with Crippen LogP contribution in [0.1, 0.15) is 54.6 Å². The lowest BCUT2D eigenvalue weighted by molar-refractivity contribution is -0.138. The van der Waals surface area contributed by atoms with E-state index in [1.165, 1.54) is 0 Å². The Balaban J connectivity index is 2.31. The fourth-order valence-corrected chi connectivity index (χ4v) is 2.03. The number of nitrogens with one attached hydrogen (secondary N) is 1. The summed E-state index contributed by atoms with van der Waals surface area (Å²) in [5, 5.41) is 10.9. The molecule has 0 fully saturated rings. The first kappa shape index (κ1) is 18.9. The average Bonchev–Trinajstić information content (AvgIpc) is 2.48. The predicted molar refractivity (Wildman–Crippen MR) is 76.9 cm³/mol. The van der Waals surface area contributed by atoms with Crippen molar-refractivity contribution in [1.82, 2.24) is 10.3 Å². The summed E-state index contributed by atoms with van der Waals surface area (Å²) >= 11 is 0. The minimum absolute atomic E-state index is 0.136. The second-order valence-electron chi connectivity index (χ2n) is 5.06. The standard InChI is InChI=1S/C15H19F3N2O3/c16-15(17,18)11-7-6-10-19-13(11)14(23)20-9-5-3-1-2-4-8-12(21)22/h6-7,10H,1-5,8-9H2,(H,20,23)(H,21,22). The number of nitrogens with zero attached hydrogens (tertiary/aromatic N) is 1. The van der Waals surface area contributed by atoms with Gasteiger partial charge in [-0.05, 0) is 25.0 Å². The number of carbonyl (C=O) groups excluding carboxylic acids is 1. The second-order valence-corrected chi connectivity index (χ2v) is 5.06. The molecule has 0 spiro atoms. The number of aromatic nitrogens is 1. The van der Waals surface area contributed by atoms with E-state index in [-0.39, 0.29) is 13.0 Å². The van der Waals surface area contributed by atoms with E-state index < -0.39 is 29.3 Å². The Labute approximate surface area is 131 Å². The van der Waals surface area contributed by atoms with Gasteiger partial charge in [0, 0.05) is 19.2 Å². The molecule has 1 aromatic heterocycles. The summed E-state index contributed by atoms with van der Waals surface area (Å²) in [6, 6.07) is 1.96. The Morgan fingerprint density at radius 2 is 1.78 bits per heavy atom. The summed E-state index contributed by atoms with van der Waals surface area (Å²) in [4.78, 5) is 25.6. The highest BCUT2D eigenvalue weighted by Crippen LogP contribution is 2.30. The molecule has 0 bridgehead atoms. The number of alkyl halides is 3. The molecule has 1 amide bonds. The van der Waals surface area contributed by atoms with Crippen molar-refractivity contribution in [2.24, 2.45) is 0 Å². The normalized spacial score (nSPS) is 11.3. The molecule has 0 aliphatic carbocycles. The van der Waals surface area contributed by atoms with Crippen LogP contribution in [-0.4, -0.2) is 28.5 Å². The number of carbonyl (C=O) groups is 2. The summed E-state index contributed by atoms with van der Waals surface area (Å²) in [5.74, 6) is -1.67. The van der Waals surface area contributed by atoms with Crippen LogP contribution in [0.15, 0.2) is 18.3 Å². The van der Waals surface area contributed by atoms with E-state index in [1.807, 2.05) is 0 Å². The highest BCUT2D eigenvalue weighted by molar-refractivity contribution is 5.93. The quantitative estimate of drug-likeness (QED) is 0.680. The minimum atomic E-state index is -4.62. The Hall–Kier alpha value is -2.12. The van der Waals surface area contributed by atoms with E-state index >= 15 is 0 Å². The third-order valence-corrected chi connectivity index (χ3v) is 3.18. The van der Waals surface area contributed by atoms with Gasteiger partial charge in [-0.25, -0.2) is 0 Å². The van der Waals surface area contributed by atoms with E-state index in [0.717, 1.165) is 37.6 Å². The maximum atomic E-state index is 12.8. The van der Waals surface area contributed by atoms with E-state index in [2.05, 4.69) is 10.3 Å². The number of pyridine rings is 1. The van der Waals surface area contributed by atoms with Crippen molar-refractivity contribution in [3.8, 4) is 0 Å². The van der Waals surface area contributed by atoms with Gasteiger partial charge in [0.1, 0.15) is 5.69 Å². The number of hydrogen-bond acceptors (Lipinski definition) is 3. The Bertz CT molecular complexity index is 533. The van der Waals surface area contributed by atoms with Gasteiger partial charge >= 0.3 is 12.1 Å². The Morgan fingerprint density at radius 3 is 2.43 bits per heavy atom. The topological polar surface area (TPSA) is 79.3 Å². The van der Waals surface area contributed by atoms with Gasteiger partial charge in [-0.15, -0.1) is 0 Å². The molecule has 0 aromatic carbocycles. The van der Waals surface area contributed by atoms with E-state index in [1.54, 1.807) is 0 Å². The predicted octanol–water partition coefficient (Wildman–Crippen LogP) is 3.26. The molecule has 0 atom stereocenters. The molecule has 0 aliphatic rings. The molecule has 0 saturated carbocycles. The van der Waals surface area contributed by atoms with Gasteiger partial charge in [-0.1, -0.05) is 19.3 Å². The average molecular weight is 332 g/mol. The first-order valence-electron chi connectivity index (χ1n) is 7.34. The summed E-state index contributed by atoms with van der Waals surface area (Å²) in [7, 11) is 0. The molecular weight excluding hydrogens is 313 g/mol. The molecule has 128 valence electrons. The lowest BCUT2D eigenvalue weighted by Gasteiger charge is -2.11. The number of hydrogen-bond donors (Lipinski definition) is 2. The maximum absolute atomic E-state index is 12.8. The monoisotopic (exact) mass is 332 g/mol. The SMILES string of the molecule is O=C(O)CCCCCCCNC(=O)c1ncccc1C(F)(F)F. The van der Waals surface area contributed by atoms with Gasteiger partial charge in [0.25, 0.3) is 5.91 Å². The summed E-state index contributed by atoms with van der Waals surface area (Å²) in [6.45, 7) is 0.256. The zero-order valence-electron chi connectivity index (χ0n) is 12.5. The molecule has 23 heavy (non-hydrogen) atoms. The van der Waals surface area contributed by atoms with Crippen molar-refractivity contribution >= 4 is 11.9 Å². The lowest BCUT2D eigenvalue weighted by Crippen LogP contribution is -2.28. The molecule has 0 unspecified atom stereocenters. The zero-order valence-corrected chi connectivity index (χ0v) is 12.5. The largest absolute Gasteiger partial charge is 0.481 e. The maximum Gasteiger partial charge on any atom is 0.418 e. The van der Waals surface area contributed by atoms with E-state index in [4.69, 9.17) is 5.11 Å². The molecule has 1 aromatic rings.